The third-order valence-electron chi connectivity index (χ3n) is 5.51. The second kappa shape index (κ2) is 8.40. The maximum absolute atomic E-state index is 12.4. The summed E-state index contributed by atoms with van der Waals surface area (Å²) < 4.78 is 0. The molecule has 1 aliphatic rings. The number of benzene rings is 2. The minimum absolute atomic E-state index is 0.0137. The lowest BCUT2D eigenvalue weighted by molar-refractivity contribution is -0.117. The Morgan fingerprint density at radius 2 is 1.86 bits per heavy atom. The highest BCUT2D eigenvalue weighted by Crippen LogP contribution is 2.29. The van der Waals surface area contributed by atoms with Crippen LogP contribution in [-0.4, -0.2) is 17.9 Å². The average Bonchev–Trinajstić information content (AvgIpc) is 3.44. The molecule has 29 heavy (non-hydrogen) atoms. The van der Waals surface area contributed by atoms with E-state index in [-0.39, 0.29) is 29.6 Å². The van der Waals surface area contributed by atoms with Crippen molar-refractivity contribution in [3.8, 4) is 0 Å². The molecule has 0 bridgehead atoms. The summed E-state index contributed by atoms with van der Waals surface area (Å²) in [5, 5.41) is 3.05. The quantitative estimate of drug-likeness (QED) is 0.739. The van der Waals surface area contributed by atoms with Crippen LogP contribution in [0.4, 0.5) is 0 Å². The molecule has 1 aliphatic carbocycles. The van der Waals surface area contributed by atoms with Gasteiger partial charge in [-0.05, 0) is 65.0 Å². The van der Waals surface area contributed by atoms with Gasteiger partial charge < -0.3 is 11.1 Å². The Morgan fingerprint density at radius 3 is 2.48 bits per heavy atom. The van der Waals surface area contributed by atoms with Crippen LogP contribution in [0.3, 0.4) is 0 Å². The number of amides is 2. The molecule has 3 N–H and O–H groups in total. The Labute approximate surface area is 173 Å². The fourth-order valence-electron chi connectivity index (χ4n) is 3.79. The number of rotatable bonds is 7. The lowest BCUT2D eigenvalue weighted by Gasteiger charge is -2.24. The zero-order chi connectivity index (χ0) is 21.2. The molecule has 0 spiro atoms. The molecule has 4 nitrogen and oxygen atoms in total. The number of nitrogens with two attached hydrogens (primary N) is 1. The molecule has 1 saturated carbocycles. The monoisotopic (exact) mass is 392 g/mol. The second-order valence-corrected chi connectivity index (χ2v) is 9.36. The first-order valence-electron chi connectivity index (χ1n) is 10.4. The molecule has 1 atom stereocenters. The summed E-state index contributed by atoms with van der Waals surface area (Å²) in [6, 6.07) is 14.6. The van der Waals surface area contributed by atoms with Gasteiger partial charge in [0.25, 0.3) is 5.91 Å². The molecule has 0 aliphatic heterocycles. The van der Waals surface area contributed by atoms with E-state index in [1.807, 2.05) is 18.2 Å². The number of carbonyl (C=O) groups is 2. The average molecular weight is 393 g/mol. The molecule has 2 amide bonds. The van der Waals surface area contributed by atoms with Gasteiger partial charge in [-0.25, -0.2) is 0 Å². The molecule has 0 aromatic heterocycles. The molecule has 0 saturated heterocycles. The summed E-state index contributed by atoms with van der Waals surface area (Å²) >= 11 is 0. The van der Waals surface area contributed by atoms with Gasteiger partial charge in [0.15, 0.2) is 0 Å². The van der Waals surface area contributed by atoms with E-state index in [1.165, 1.54) is 5.56 Å². The van der Waals surface area contributed by atoms with E-state index in [1.54, 1.807) is 0 Å². The SMILES string of the molecule is CC(Cc1ccc(C(C)(C)C)c(CC(N)=O)c1)c1cccc(C(=O)NC2CC2)c1. The van der Waals surface area contributed by atoms with Crippen LogP contribution in [0.1, 0.15) is 79.1 Å². The van der Waals surface area contributed by atoms with Crippen LogP contribution in [0.15, 0.2) is 42.5 Å². The van der Waals surface area contributed by atoms with Gasteiger partial charge in [0, 0.05) is 11.6 Å². The standard InChI is InChI=1S/C25H32N2O2/c1-16(18-6-5-7-19(14-18)24(29)27-21-9-10-21)12-17-8-11-22(25(2,3)4)20(13-17)15-23(26)28/h5-8,11,13-14,16,21H,9-10,12,15H2,1-4H3,(H2,26,28)(H,27,29). The van der Waals surface area contributed by atoms with E-state index in [9.17, 15) is 9.59 Å². The first-order valence-corrected chi connectivity index (χ1v) is 10.4. The predicted octanol–water partition coefficient (Wildman–Crippen LogP) is 4.25. The van der Waals surface area contributed by atoms with Crippen molar-refractivity contribution in [1.29, 1.82) is 0 Å². The fourth-order valence-corrected chi connectivity index (χ4v) is 3.79. The third kappa shape index (κ3) is 5.69. The lowest BCUT2D eigenvalue weighted by atomic mass is 9.81. The minimum atomic E-state index is -0.310. The van der Waals surface area contributed by atoms with Crippen molar-refractivity contribution in [1.82, 2.24) is 5.32 Å². The Hall–Kier alpha value is -2.62. The zero-order valence-electron chi connectivity index (χ0n) is 17.9. The molecule has 2 aromatic rings. The zero-order valence-corrected chi connectivity index (χ0v) is 17.9. The van der Waals surface area contributed by atoms with Crippen molar-refractivity contribution in [3.63, 3.8) is 0 Å². The molecule has 2 aromatic carbocycles. The third-order valence-corrected chi connectivity index (χ3v) is 5.51. The fraction of sp³-hybridized carbons (Fsp3) is 0.440. The number of hydrogen-bond donors (Lipinski definition) is 2. The summed E-state index contributed by atoms with van der Waals surface area (Å²) in [6.07, 6.45) is 3.26. The molecular formula is C25H32N2O2. The second-order valence-electron chi connectivity index (χ2n) is 9.36. The Kier molecular flexibility index (Phi) is 6.11. The van der Waals surface area contributed by atoms with E-state index in [0.717, 1.165) is 41.5 Å². The van der Waals surface area contributed by atoms with Gasteiger partial charge in [-0.2, -0.15) is 0 Å². The first-order chi connectivity index (χ1) is 13.6. The molecule has 1 fully saturated rings. The topological polar surface area (TPSA) is 72.2 Å². The minimum Gasteiger partial charge on any atom is -0.369 e. The van der Waals surface area contributed by atoms with Crippen LogP contribution in [0, 0.1) is 0 Å². The first kappa shape index (κ1) is 21.1. The smallest absolute Gasteiger partial charge is 0.251 e. The van der Waals surface area contributed by atoms with Gasteiger partial charge in [-0.3, -0.25) is 9.59 Å². The number of primary amides is 1. The highest BCUT2D eigenvalue weighted by Gasteiger charge is 2.24. The van der Waals surface area contributed by atoms with E-state index >= 15 is 0 Å². The maximum Gasteiger partial charge on any atom is 0.251 e. The largest absolute Gasteiger partial charge is 0.369 e. The van der Waals surface area contributed by atoms with Gasteiger partial charge in [0.05, 0.1) is 6.42 Å². The van der Waals surface area contributed by atoms with E-state index in [4.69, 9.17) is 5.73 Å². The van der Waals surface area contributed by atoms with Gasteiger partial charge in [0.1, 0.15) is 0 Å². The van der Waals surface area contributed by atoms with Gasteiger partial charge in [0.2, 0.25) is 5.91 Å². The van der Waals surface area contributed by atoms with Crippen LogP contribution in [0.2, 0.25) is 0 Å². The van der Waals surface area contributed by atoms with Gasteiger partial charge >= 0.3 is 0 Å². The normalized spacial score (nSPS) is 15.0. The van der Waals surface area contributed by atoms with Crippen LogP contribution < -0.4 is 11.1 Å². The van der Waals surface area contributed by atoms with Crippen LogP contribution in [0.5, 0.6) is 0 Å². The summed E-state index contributed by atoms with van der Waals surface area (Å²) in [7, 11) is 0. The lowest BCUT2D eigenvalue weighted by Crippen LogP contribution is -2.25. The Balaban J connectivity index is 1.78. The van der Waals surface area contributed by atoms with E-state index in [2.05, 4.69) is 57.3 Å². The number of nitrogens with one attached hydrogen (secondary N) is 1. The van der Waals surface area contributed by atoms with Crippen molar-refractivity contribution in [2.45, 2.75) is 70.8 Å². The van der Waals surface area contributed by atoms with Crippen LogP contribution in [-0.2, 0) is 23.1 Å². The highest BCUT2D eigenvalue weighted by atomic mass is 16.2. The van der Waals surface area contributed by atoms with E-state index in [0.29, 0.717) is 6.04 Å². The van der Waals surface area contributed by atoms with Gasteiger partial charge in [-0.1, -0.05) is 58.0 Å². The Bertz CT molecular complexity index is 907. The molecule has 4 heteroatoms. The number of hydrogen-bond acceptors (Lipinski definition) is 2. The number of carbonyl (C=O) groups excluding carboxylic acids is 2. The molecule has 0 heterocycles. The Morgan fingerprint density at radius 1 is 1.14 bits per heavy atom. The molecule has 3 rings (SSSR count). The van der Waals surface area contributed by atoms with E-state index < -0.39 is 0 Å². The molecule has 0 radical (unpaired) electrons. The molecule has 154 valence electrons. The van der Waals surface area contributed by atoms with Crippen molar-refractivity contribution < 1.29 is 9.59 Å². The van der Waals surface area contributed by atoms with Gasteiger partial charge in [-0.15, -0.1) is 0 Å². The van der Waals surface area contributed by atoms with Crippen molar-refractivity contribution in [2.24, 2.45) is 5.73 Å². The van der Waals surface area contributed by atoms with Crippen molar-refractivity contribution in [3.05, 3.63) is 70.3 Å². The van der Waals surface area contributed by atoms with Crippen molar-refractivity contribution >= 4 is 11.8 Å². The molecule has 1 unspecified atom stereocenters. The maximum atomic E-state index is 12.4. The van der Waals surface area contributed by atoms with Crippen molar-refractivity contribution in [2.75, 3.05) is 0 Å². The van der Waals surface area contributed by atoms with Crippen LogP contribution in [0.25, 0.3) is 0 Å². The summed E-state index contributed by atoms with van der Waals surface area (Å²) in [5.74, 6) is -0.0412. The van der Waals surface area contributed by atoms with Crippen LogP contribution >= 0.6 is 0 Å². The summed E-state index contributed by atoms with van der Waals surface area (Å²) in [6.45, 7) is 8.61. The summed E-state index contributed by atoms with van der Waals surface area (Å²) in [5.41, 5.74) is 10.6. The molecular weight excluding hydrogens is 360 g/mol. The summed E-state index contributed by atoms with van der Waals surface area (Å²) in [4.78, 5) is 23.9. The predicted molar refractivity (Wildman–Crippen MR) is 117 cm³/mol. The highest BCUT2D eigenvalue weighted by molar-refractivity contribution is 5.94.